The summed E-state index contributed by atoms with van der Waals surface area (Å²) in [6.07, 6.45) is 3.62. The van der Waals surface area contributed by atoms with Gasteiger partial charge in [0.25, 0.3) is 0 Å². The van der Waals surface area contributed by atoms with Gasteiger partial charge in [-0.3, -0.25) is 4.79 Å². The molecule has 0 spiro atoms. The van der Waals surface area contributed by atoms with E-state index in [1.165, 1.54) is 12.5 Å². The highest BCUT2D eigenvalue weighted by molar-refractivity contribution is 5.93. The van der Waals surface area contributed by atoms with Gasteiger partial charge in [0.1, 0.15) is 5.82 Å². The average Bonchev–Trinajstić information content (AvgIpc) is 2.70. The molecule has 5 nitrogen and oxygen atoms in total. The Bertz CT molecular complexity index is 804. The van der Waals surface area contributed by atoms with Crippen LogP contribution in [0.5, 0.6) is 11.5 Å². The maximum absolute atomic E-state index is 14.2. The van der Waals surface area contributed by atoms with Gasteiger partial charge < -0.3 is 19.7 Å². The first-order chi connectivity index (χ1) is 13.1. The standard InChI is InChI=1S/C21H25FN2O3/c1-26-19-9-6-15(12-20(19)27-2)13-21(25)23-18-14-16(7-8-17(18)22)24-10-4-3-5-11-24/h6-9,12,14H,3-5,10-11,13H2,1-2H3,(H,23,25). The first-order valence-electron chi connectivity index (χ1n) is 9.16. The van der Waals surface area contributed by atoms with Crippen molar-refractivity contribution < 1.29 is 18.7 Å². The van der Waals surface area contributed by atoms with Gasteiger partial charge in [-0.2, -0.15) is 0 Å². The van der Waals surface area contributed by atoms with Crippen LogP contribution < -0.4 is 19.7 Å². The number of amides is 1. The number of piperidine rings is 1. The fraction of sp³-hybridized carbons (Fsp3) is 0.381. The maximum Gasteiger partial charge on any atom is 0.228 e. The van der Waals surface area contributed by atoms with E-state index in [-0.39, 0.29) is 18.0 Å². The van der Waals surface area contributed by atoms with Gasteiger partial charge in [0.05, 0.1) is 26.3 Å². The van der Waals surface area contributed by atoms with E-state index in [2.05, 4.69) is 10.2 Å². The molecule has 27 heavy (non-hydrogen) atoms. The second-order valence-corrected chi connectivity index (χ2v) is 6.63. The second kappa shape index (κ2) is 8.75. The maximum atomic E-state index is 14.2. The molecule has 0 radical (unpaired) electrons. The van der Waals surface area contributed by atoms with E-state index in [4.69, 9.17) is 9.47 Å². The number of carbonyl (C=O) groups is 1. The number of nitrogens with one attached hydrogen (secondary N) is 1. The highest BCUT2D eigenvalue weighted by Gasteiger charge is 2.15. The van der Waals surface area contributed by atoms with Gasteiger partial charge in [-0.25, -0.2) is 4.39 Å². The fourth-order valence-corrected chi connectivity index (χ4v) is 3.33. The lowest BCUT2D eigenvalue weighted by Gasteiger charge is -2.29. The molecule has 2 aromatic rings. The first-order valence-corrected chi connectivity index (χ1v) is 9.16. The number of hydrogen-bond acceptors (Lipinski definition) is 4. The predicted molar refractivity (Wildman–Crippen MR) is 104 cm³/mol. The van der Waals surface area contributed by atoms with E-state index < -0.39 is 5.82 Å². The van der Waals surface area contributed by atoms with Crippen LogP contribution in [0, 0.1) is 5.82 Å². The molecule has 144 valence electrons. The van der Waals surface area contributed by atoms with E-state index in [9.17, 15) is 9.18 Å². The molecule has 6 heteroatoms. The van der Waals surface area contributed by atoms with E-state index in [1.54, 1.807) is 44.6 Å². The summed E-state index contributed by atoms with van der Waals surface area (Å²) >= 11 is 0. The minimum Gasteiger partial charge on any atom is -0.493 e. The number of rotatable bonds is 6. The van der Waals surface area contributed by atoms with Crippen LogP contribution in [0.1, 0.15) is 24.8 Å². The van der Waals surface area contributed by atoms with E-state index in [1.807, 2.05) is 0 Å². The van der Waals surface area contributed by atoms with Gasteiger partial charge in [0, 0.05) is 18.8 Å². The Labute approximate surface area is 159 Å². The largest absolute Gasteiger partial charge is 0.493 e. The molecular formula is C21H25FN2O3. The van der Waals surface area contributed by atoms with Crippen molar-refractivity contribution in [1.29, 1.82) is 0 Å². The Morgan fingerprint density at radius 1 is 1.04 bits per heavy atom. The molecule has 1 heterocycles. The molecule has 1 aliphatic rings. The molecule has 3 rings (SSSR count). The summed E-state index contributed by atoms with van der Waals surface area (Å²) in [5.41, 5.74) is 1.92. The topological polar surface area (TPSA) is 50.8 Å². The molecule has 1 amide bonds. The highest BCUT2D eigenvalue weighted by Crippen LogP contribution is 2.28. The Balaban J connectivity index is 1.70. The third-order valence-electron chi connectivity index (χ3n) is 4.76. The van der Waals surface area contributed by atoms with E-state index in [0.29, 0.717) is 11.5 Å². The van der Waals surface area contributed by atoms with Crippen LogP contribution in [0.15, 0.2) is 36.4 Å². The van der Waals surface area contributed by atoms with Gasteiger partial charge in [-0.05, 0) is 55.2 Å². The highest BCUT2D eigenvalue weighted by atomic mass is 19.1. The third-order valence-corrected chi connectivity index (χ3v) is 4.76. The van der Waals surface area contributed by atoms with E-state index in [0.717, 1.165) is 37.2 Å². The summed E-state index contributed by atoms with van der Waals surface area (Å²) in [4.78, 5) is 14.6. The van der Waals surface area contributed by atoms with Crippen LogP contribution in [0.25, 0.3) is 0 Å². The molecule has 0 atom stereocenters. The quantitative estimate of drug-likeness (QED) is 0.832. The van der Waals surface area contributed by atoms with Crippen LogP contribution in [-0.2, 0) is 11.2 Å². The Morgan fingerprint density at radius 2 is 1.78 bits per heavy atom. The zero-order chi connectivity index (χ0) is 19.2. The average molecular weight is 372 g/mol. The van der Waals surface area contributed by atoms with Crippen molar-refractivity contribution in [3.05, 3.63) is 47.8 Å². The first kappa shape index (κ1) is 19.0. The number of benzene rings is 2. The summed E-state index contributed by atoms with van der Waals surface area (Å²) in [5.74, 6) is 0.441. The Kier molecular flexibility index (Phi) is 6.16. The SMILES string of the molecule is COc1ccc(CC(=O)Nc2cc(N3CCCCC3)ccc2F)cc1OC. The van der Waals surface area contributed by atoms with Crippen molar-refractivity contribution in [2.75, 3.05) is 37.5 Å². The number of carbonyl (C=O) groups excluding carboxylic acids is 1. The van der Waals surface area contributed by atoms with Crippen LogP contribution in [0.2, 0.25) is 0 Å². The number of ether oxygens (including phenoxy) is 2. The zero-order valence-electron chi connectivity index (χ0n) is 15.8. The van der Waals surface area contributed by atoms with Gasteiger partial charge in [0.15, 0.2) is 11.5 Å². The molecule has 0 bridgehead atoms. The molecule has 0 aromatic heterocycles. The summed E-state index contributed by atoms with van der Waals surface area (Å²) in [7, 11) is 3.10. The summed E-state index contributed by atoms with van der Waals surface area (Å²) in [5, 5.41) is 2.69. The second-order valence-electron chi connectivity index (χ2n) is 6.63. The van der Waals surface area contributed by atoms with Crippen molar-refractivity contribution in [3.8, 4) is 11.5 Å². The molecule has 1 N–H and O–H groups in total. The monoisotopic (exact) mass is 372 g/mol. The lowest BCUT2D eigenvalue weighted by atomic mass is 10.1. The molecule has 0 aliphatic carbocycles. The zero-order valence-corrected chi connectivity index (χ0v) is 15.8. The van der Waals surface area contributed by atoms with Gasteiger partial charge in [0.2, 0.25) is 5.91 Å². The van der Waals surface area contributed by atoms with Gasteiger partial charge in [-0.15, -0.1) is 0 Å². The van der Waals surface area contributed by atoms with Crippen LogP contribution in [0.3, 0.4) is 0 Å². The van der Waals surface area contributed by atoms with E-state index >= 15 is 0 Å². The molecular weight excluding hydrogens is 347 g/mol. The number of anilines is 2. The molecule has 1 saturated heterocycles. The fourth-order valence-electron chi connectivity index (χ4n) is 3.33. The minimum atomic E-state index is -0.434. The molecule has 0 saturated carbocycles. The normalized spacial score (nSPS) is 14.0. The summed E-state index contributed by atoms with van der Waals surface area (Å²) < 4.78 is 24.6. The summed E-state index contributed by atoms with van der Waals surface area (Å²) in [6, 6.07) is 10.2. The van der Waals surface area contributed by atoms with Gasteiger partial charge in [-0.1, -0.05) is 6.07 Å². The smallest absolute Gasteiger partial charge is 0.228 e. The molecule has 1 aliphatic heterocycles. The van der Waals surface area contributed by atoms with Crippen molar-refractivity contribution in [3.63, 3.8) is 0 Å². The lowest BCUT2D eigenvalue weighted by molar-refractivity contribution is -0.115. The van der Waals surface area contributed by atoms with Crippen LogP contribution in [-0.4, -0.2) is 33.2 Å². The number of hydrogen-bond donors (Lipinski definition) is 1. The number of methoxy groups -OCH3 is 2. The number of halogens is 1. The predicted octanol–water partition coefficient (Wildman–Crippen LogP) is 4.01. The van der Waals surface area contributed by atoms with Crippen LogP contribution >= 0.6 is 0 Å². The summed E-state index contributed by atoms with van der Waals surface area (Å²) in [6.45, 7) is 1.93. The Hall–Kier alpha value is -2.76. The van der Waals surface area contributed by atoms with Crippen LogP contribution in [0.4, 0.5) is 15.8 Å². The molecule has 1 fully saturated rings. The minimum absolute atomic E-state index is 0.119. The van der Waals surface area contributed by atoms with Crippen molar-refractivity contribution in [2.24, 2.45) is 0 Å². The van der Waals surface area contributed by atoms with Crippen molar-refractivity contribution >= 4 is 17.3 Å². The molecule has 0 unspecified atom stereocenters. The number of nitrogens with zero attached hydrogens (tertiary/aromatic N) is 1. The van der Waals surface area contributed by atoms with Gasteiger partial charge >= 0.3 is 0 Å². The van der Waals surface area contributed by atoms with Crippen molar-refractivity contribution in [2.45, 2.75) is 25.7 Å². The lowest BCUT2D eigenvalue weighted by Crippen LogP contribution is -2.29. The Morgan fingerprint density at radius 3 is 2.48 bits per heavy atom. The molecule has 2 aromatic carbocycles. The van der Waals surface area contributed by atoms with Crippen molar-refractivity contribution in [1.82, 2.24) is 0 Å². The third kappa shape index (κ3) is 4.70.